The van der Waals surface area contributed by atoms with Gasteiger partial charge in [0.2, 0.25) is 0 Å². The summed E-state index contributed by atoms with van der Waals surface area (Å²) >= 11 is 0. The third-order valence-corrected chi connectivity index (χ3v) is 19.9. The smallest absolute Gasteiger partial charge is 0.112 e. The van der Waals surface area contributed by atoms with Crippen LogP contribution in [0.1, 0.15) is 66.5 Å². The Balaban J connectivity index is -0.000000692. The molecule has 45 heavy (non-hydrogen) atoms. The van der Waals surface area contributed by atoms with Crippen molar-refractivity contribution in [3.05, 3.63) is 71.8 Å². The first-order valence-electron chi connectivity index (χ1n) is 16.7. The van der Waals surface area contributed by atoms with Crippen LogP contribution < -0.4 is 0 Å². The molecule has 0 aromatic heterocycles. The number of benzene rings is 2. The Morgan fingerprint density at radius 1 is 0.400 bits per heavy atom. The molecular formula is C34H66MoN6P4+4. The zero-order valence-corrected chi connectivity index (χ0v) is 35.8. The van der Waals surface area contributed by atoms with Crippen LogP contribution in [0, 0.1) is 21.6 Å². The van der Waals surface area contributed by atoms with E-state index in [1.54, 1.807) is 0 Å². The van der Waals surface area contributed by atoms with Crippen LogP contribution in [0.4, 0.5) is 0 Å². The second-order valence-corrected chi connectivity index (χ2v) is 24.0. The fraction of sp³-hybridized carbons (Fsp3) is 0.647. The summed E-state index contributed by atoms with van der Waals surface area (Å²) in [4.78, 5) is 5.55. The molecule has 0 atom stereocenters. The Morgan fingerprint density at radius 3 is 0.778 bits per heavy atom. The van der Waals surface area contributed by atoms with Crippen molar-refractivity contribution in [1.82, 2.24) is 9.80 Å². The summed E-state index contributed by atoms with van der Waals surface area (Å²) in [6.45, 7) is 21.3. The largest absolute Gasteiger partial charge is 0.234 e. The van der Waals surface area contributed by atoms with Crippen LogP contribution in [0.3, 0.4) is 0 Å². The molecule has 0 aliphatic carbocycles. The Hall–Kier alpha value is -0.392. The molecule has 2 rings (SSSR count). The molecule has 0 spiro atoms. The maximum absolute atomic E-state index is 6.00. The van der Waals surface area contributed by atoms with Crippen molar-refractivity contribution in [2.24, 2.45) is 0 Å². The number of rotatable bonds is 20. The van der Waals surface area contributed by atoms with Gasteiger partial charge >= 0.3 is 0 Å². The van der Waals surface area contributed by atoms with Crippen LogP contribution in [-0.4, -0.2) is 84.2 Å². The first-order chi connectivity index (χ1) is 21.5. The minimum Gasteiger partial charge on any atom is -0.234 e. The van der Waals surface area contributed by atoms with Crippen molar-refractivity contribution in [2.75, 3.05) is 74.4 Å². The van der Waals surface area contributed by atoms with Crippen molar-refractivity contribution in [1.29, 1.82) is 21.6 Å². The van der Waals surface area contributed by atoms with E-state index >= 15 is 0 Å². The van der Waals surface area contributed by atoms with Gasteiger partial charge in [-0.05, 0) is 66.5 Å². The van der Waals surface area contributed by atoms with Crippen LogP contribution in [0.5, 0.6) is 0 Å². The molecule has 0 aliphatic heterocycles. The molecule has 0 bridgehead atoms. The van der Waals surface area contributed by atoms with E-state index in [2.05, 4.69) is 126 Å². The molecular weight excluding hydrogens is 712 g/mol. The molecule has 0 fully saturated rings. The third kappa shape index (κ3) is 24.4. The topological polar surface area (TPSA) is 102 Å². The van der Waals surface area contributed by atoms with Crippen molar-refractivity contribution in [3.63, 3.8) is 0 Å². The molecule has 2 aromatic rings. The molecule has 0 saturated carbocycles. The van der Waals surface area contributed by atoms with Crippen molar-refractivity contribution in [2.45, 2.75) is 68.5 Å². The van der Waals surface area contributed by atoms with E-state index in [1.165, 1.54) is 85.6 Å². The van der Waals surface area contributed by atoms with Gasteiger partial charge in [-0.3, -0.25) is 0 Å². The second kappa shape index (κ2) is 34.9. The molecule has 0 saturated heterocycles. The minimum absolute atomic E-state index is 0. The Bertz CT molecular complexity index is 806. The standard InChI is InChI=1S/2C17H31NP2.Mo.2N2/c2*1-5-19(6-2)15-18(16-20(7-3)8-4)14-17-12-10-9-11-13-17;;2*1-2/h2*9-13H,5-8,14-16H2,1-4H3;;;/p+4. The molecule has 0 N–H and O–H groups in total. The van der Waals surface area contributed by atoms with E-state index in [9.17, 15) is 0 Å². The molecule has 2 aromatic carbocycles. The molecule has 0 unspecified atom stereocenters. The Morgan fingerprint density at radius 2 is 0.600 bits per heavy atom. The van der Waals surface area contributed by atoms with E-state index < -0.39 is 0 Å². The van der Waals surface area contributed by atoms with Gasteiger partial charge in [0.1, 0.15) is 25.1 Å². The first-order valence-corrected chi connectivity index (χ1v) is 25.2. The van der Waals surface area contributed by atoms with Crippen molar-refractivity contribution < 1.29 is 21.1 Å². The summed E-state index contributed by atoms with van der Waals surface area (Å²) in [7, 11) is -0.640. The van der Waals surface area contributed by atoms with E-state index in [1.807, 2.05) is 0 Å². The molecule has 6 nitrogen and oxygen atoms in total. The first kappa shape index (κ1) is 49.0. The summed E-state index contributed by atoms with van der Waals surface area (Å²) in [6.07, 6.45) is 16.8. The van der Waals surface area contributed by atoms with E-state index in [-0.39, 0.29) is 52.8 Å². The Labute approximate surface area is 297 Å². The molecule has 0 radical (unpaired) electrons. The van der Waals surface area contributed by atoms with Crippen molar-refractivity contribution >= 4 is 31.7 Å². The number of hydrogen-bond acceptors (Lipinski definition) is 6. The van der Waals surface area contributed by atoms with Gasteiger partial charge in [0, 0.05) is 87.4 Å². The zero-order chi connectivity index (χ0) is 33.6. The second-order valence-electron chi connectivity index (χ2n) is 11.1. The maximum atomic E-state index is 6.00. The van der Waals surface area contributed by atoms with Crippen LogP contribution in [0.15, 0.2) is 60.7 Å². The van der Waals surface area contributed by atoms with E-state index in [0.717, 1.165) is 13.1 Å². The van der Waals surface area contributed by atoms with Crippen molar-refractivity contribution in [3.8, 4) is 0 Å². The molecule has 0 heterocycles. The third-order valence-electron chi connectivity index (χ3n) is 8.29. The summed E-state index contributed by atoms with van der Waals surface area (Å²) in [5.41, 5.74) is 2.96. The van der Waals surface area contributed by atoms with E-state index in [0.29, 0.717) is 0 Å². The van der Waals surface area contributed by atoms with E-state index in [4.69, 9.17) is 21.6 Å². The summed E-state index contributed by atoms with van der Waals surface area (Å²) in [5, 5.41) is 24.0. The van der Waals surface area contributed by atoms with Gasteiger partial charge in [0.05, 0.1) is 49.3 Å². The quantitative estimate of drug-likeness (QED) is 0.0754. The predicted molar refractivity (Wildman–Crippen MR) is 208 cm³/mol. The minimum atomic E-state index is -0.160. The summed E-state index contributed by atoms with van der Waals surface area (Å²) in [6, 6.07) is 22.0. The molecule has 254 valence electrons. The van der Waals surface area contributed by atoms with Crippen LogP contribution >= 0.6 is 31.7 Å². The van der Waals surface area contributed by atoms with Crippen LogP contribution in [-0.2, 0) is 34.2 Å². The van der Waals surface area contributed by atoms with Gasteiger partial charge < -0.3 is 0 Å². The normalized spacial score (nSPS) is 10.5. The number of hydrogen-bond donors (Lipinski definition) is 0. The maximum Gasteiger partial charge on any atom is 0.112 e. The van der Waals surface area contributed by atoms with Gasteiger partial charge in [-0.2, -0.15) is 0 Å². The summed E-state index contributed by atoms with van der Waals surface area (Å²) < 4.78 is 0. The predicted octanol–water partition coefficient (Wildman–Crippen LogP) is 9.88. The average Bonchev–Trinajstić information content (AvgIpc) is 3.09. The SMILES string of the molecule is CC[PH+](CC)CN(Cc1ccccc1)C[PH+](CC)CC.CC[PH+](CC)CN(Cc1ccccc1)C[PH+](CC)CC.N#N.N#N.[Mo]. The van der Waals surface area contributed by atoms with Crippen LogP contribution in [0.2, 0.25) is 0 Å². The zero-order valence-electron chi connectivity index (χ0n) is 29.8. The van der Waals surface area contributed by atoms with Gasteiger partial charge in [0.15, 0.2) is 0 Å². The van der Waals surface area contributed by atoms with Crippen LogP contribution in [0.25, 0.3) is 0 Å². The number of nitrogens with zero attached hydrogens (tertiary/aromatic N) is 6. The molecule has 11 heteroatoms. The average molecular weight is 779 g/mol. The molecule has 0 aliphatic rings. The summed E-state index contributed by atoms with van der Waals surface area (Å²) in [5.74, 6) is 0. The van der Waals surface area contributed by atoms with Gasteiger partial charge in [0.25, 0.3) is 0 Å². The Kier molecular flexibility index (Phi) is 38.0. The van der Waals surface area contributed by atoms with Gasteiger partial charge in [-0.1, -0.05) is 60.7 Å². The van der Waals surface area contributed by atoms with Gasteiger partial charge in [-0.25, -0.2) is 9.80 Å². The monoisotopic (exact) mass is 780 g/mol. The van der Waals surface area contributed by atoms with Gasteiger partial charge in [-0.15, -0.1) is 0 Å². The fourth-order valence-electron chi connectivity index (χ4n) is 5.18. The molecule has 0 amide bonds. The fourth-order valence-corrected chi connectivity index (χ4v) is 12.8.